The highest BCUT2D eigenvalue weighted by molar-refractivity contribution is 7.92. The third-order valence-corrected chi connectivity index (χ3v) is 5.34. The predicted molar refractivity (Wildman–Crippen MR) is 103 cm³/mol. The number of nitrogens with one attached hydrogen (secondary N) is 1. The second-order valence-electron chi connectivity index (χ2n) is 5.69. The van der Waals surface area contributed by atoms with Crippen molar-refractivity contribution >= 4 is 50.5 Å². The van der Waals surface area contributed by atoms with E-state index in [1.165, 1.54) is 13.0 Å². The molecule has 0 heterocycles. The Morgan fingerprint density at radius 2 is 1.84 bits per heavy atom. The van der Waals surface area contributed by atoms with Crippen LogP contribution in [0, 0.1) is 6.92 Å². The van der Waals surface area contributed by atoms with Crippen LogP contribution in [0.1, 0.15) is 12.5 Å². The molecule has 2 rings (SSSR count). The standard InChI is InChI=1S/C17H18Cl2N2O3S/c1-11-5-4-6-14(9-11)21(25(3,23)24)12(2)17(22)20-16-10-13(18)7-8-15(16)19/h4-10,12H,1-3H3,(H,20,22)/t12-/m1/s1. The Kier molecular flexibility index (Phi) is 5.98. The van der Waals surface area contributed by atoms with Crippen molar-refractivity contribution in [2.45, 2.75) is 19.9 Å². The minimum absolute atomic E-state index is 0.311. The van der Waals surface area contributed by atoms with Crippen LogP contribution < -0.4 is 9.62 Å². The summed E-state index contributed by atoms with van der Waals surface area (Å²) in [6.07, 6.45) is 1.06. The van der Waals surface area contributed by atoms with Gasteiger partial charge in [0.05, 0.1) is 22.7 Å². The van der Waals surface area contributed by atoms with Crippen molar-refractivity contribution in [3.05, 3.63) is 58.1 Å². The van der Waals surface area contributed by atoms with E-state index in [0.717, 1.165) is 16.1 Å². The van der Waals surface area contributed by atoms with Gasteiger partial charge in [-0.05, 0) is 49.7 Å². The second-order valence-corrected chi connectivity index (χ2v) is 8.39. The first-order valence-corrected chi connectivity index (χ1v) is 10.0. The van der Waals surface area contributed by atoms with E-state index in [4.69, 9.17) is 23.2 Å². The van der Waals surface area contributed by atoms with Crippen LogP contribution in [0.25, 0.3) is 0 Å². The first-order valence-electron chi connectivity index (χ1n) is 7.41. The number of halogens is 2. The van der Waals surface area contributed by atoms with Crippen molar-refractivity contribution in [3.63, 3.8) is 0 Å². The third kappa shape index (κ3) is 4.87. The molecule has 0 fully saturated rings. The lowest BCUT2D eigenvalue weighted by atomic mass is 10.2. The van der Waals surface area contributed by atoms with Crippen molar-refractivity contribution in [2.75, 3.05) is 15.9 Å². The summed E-state index contributed by atoms with van der Waals surface area (Å²) < 4.78 is 25.6. The molecule has 1 N–H and O–H groups in total. The van der Waals surface area contributed by atoms with E-state index in [2.05, 4.69) is 5.32 Å². The molecule has 2 aromatic rings. The fourth-order valence-electron chi connectivity index (χ4n) is 2.40. The molecule has 0 radical (unpaired) electrons. The maximum absolute atomic E-state index is 12.6. The first-order chi connectivity index (χ1) is 11.6. The topological polar surface area (TPSA) is 66.5 Å². The first kappa shape index (κ1) is 19.6. The van der Waals surface area contributed by atoms with Gasteiger partial charge in [-0.1, -0.05) is 35.3 Å². The molecule has 0 unspecified atom stereocenters. The molecule has 0 saturated carbocycles. The lowest BCUT2D eigenvalue weighted by Crippen LogP contribution is -2.45. The van der Waals surface area contributed by atoms with Gasteiger partial charge in [-0.2, -0.15) is 0 Å². The number of sulfonamides is 1. The zero-order valence-corrected chi connectivity index (χ0v) is 16.3. The van der Waals surface area contributed by atoms with Crippen LogP contribution in [0.5, 0.6) is 0 Å². The molecule has 0 aromatic heterocycles. The molecule has 1 amide bonds. The van der Waals surface area contributed by atoms with Crippen molar-refractivity contribution in [3.8, 4) is 0 Å². The summed E-state index contributed by atoms with van der Waals surface area (Å²) in [5, 5.41) is 3.35. The maximum Gasteiger partial charge on any atom is 0.248 e. The van der Waals surface area contributed by atoms with Gasteiger partial charge in [0.1, 0.15) is 6.04 Å². The van der Waals surface area contributed by atoms with Crippen LogP contribution in [-0.2, 0) is 14.8 Å². The van der Waals surface area contributed by atoms with Crippen LogP contribution >= 0.6 is 23.2 Å². The number of carbonyl (C=O) groups excluding carboxylic acids is 1. The largest absolute Gasteiger partial charge is 0.323 e. The van der Waals surface area contributed by atoms with E-state index in [1.54, 1.807) is 30.3 Å². The number of hydrogen-bond acceptors (Lipinski definition) is 3. The third-order valence-electron chi connectivity index (χ3n) is 3.53. The molecular weight excluding hydrogens is 383 g/mol. The fourth-order valence-corrected chi connectivity index (χ4v) is 3.91. The lowest BCUT2D eigenvalue weighted by molar-refractivity contribution is -0.116. The molecule has 0 aliphatic carbocycles. The van der Waals surface area contributed by atoms with Gasteiger partial charge in [-0.3, -0.25) is 9.10 Å². The molecule has 0 spiro atoms. The smallest absolute Gasteiger partial charge is 0.248 e. The molecule has 0 bridgehead atoms. The minimum atomic E-state index is -3.68. The Labute approximate surface area is 157 Å². The zero-order chi connectivity index (χ0) is 18.8. The summed E-state index contributed by atoms with van der Waals surface area (Å²) in [5.74, 6) is -0.518. The Hall–Kier alpha value is -1.76. The van der Waals surface area contributed by atoms with Gasteiger partial charge < -0.3 is 5.32 Å². The van der Waals surface area contributed by atoms with E-state index < -0.39 is 22.0 Å². The number of rotatable bonds is 5. The monoisotopic (exact) mass is 400 g/mol. The summed E-state index contributed by atoms with van der Waals surface area (Å²) in [6, 6.07) is 10.6. The Balaban J connectivity index is 2.35. The molecule has 2 aromatic carbocycles. The number of carbonyl (C=O) groups is 1. The Bertz CT molecular complexity index is 901. The minimum Gasteiger partial charge on any atom is -0.323 e. The molecular formula is C17H18Cl2N2O3S. The Morgan fingerprint density at radius 1 is 1.16 bits per heavy atom. The maximum atomic E-state index is 12.6. The number of aryl methyl sites for hydroxylation is 1. The molecule has 25 heavy (non-hydrogen) atoms. The van der Waals surface area contributed by atoms with Gasteiger partial charge in [0, 0.05) is 5.02 Å². The molecule has 0 aliphatic rings. The zero-order valence-electron chi connectivity index (χ0n) is 14.0. The van der Waals surface area contributed by atoms with Gasteiger partial charge in [0.15, 0.2) is 0 Å². The highest BCUT2D eigenvalue weighted by atomic mass is 35.5. The van der Waals surface area contributed by atoms with E-state index >= 15 is 0 Å². The second kappa shape index (κ2) is 7.64. The van der Waals surface area contributed by atoms with Crippen LogP contribution in [-0.4, -0.2) is 26.6 Å². The van der Waals surface area contributed by atoms with Crippen LogP contribution in [0.15, 0.2) is 42.5 Å². The van der Waals surface area contributed by atoms with Gasteiger partial charge in [0.25, 0.3) is 0 Å². The van der Waals surface area contributed by atoms with E-state index in [9.17, 15) is 13.2 Å². The van der Waals surface area contributed by atoms with Crippen LogP contribution in [0.2, 0.25) is 10.0 Å². The summed E-state index contributed by atoms with van der Waals surface area (Å²) in [4.78, 5) is 12.6. The number of nitrogens with zero attached hydrogens (tertiary/aromatic N) is 1. The van der Waals surface area contributed by atoms with Gasteiger partial charge in [0.2, 0.25) is 15.9 Å². The number of hydrogen-bond donors (Lipinski definition) is 1. The average Bonchev–Trinajstić information content (AvgIpc) is 2.49. The molecule has 5 nitrogen and oxygen atoms in total. The van der Waals surface area contributed by atoms with Crippen molar-refractivity contribution in [2.24, 2.45) is 0 Å². The highest BCUT2D eigenvalue weighted by Gasteiger charge is 2.29. The SMILES string of the molecule is Cc1cccc(N([C@H](C)C(=O)Nc2cc(Cl)ccc2Cl)S(C)(=O)=O)c1. The summed E-state index contributed by atoms with van der Waals surface area (Å²) >= 11 is 12.0. The van der Waals surface area contributed by atoms with E-state index in [1.807, 2.05) is 13.0 Å². The number of benzene rings is 2. The fraction of sp³-hybridized carbons (Fsp3) is 0.235. The molecule has 0 aliphatic heterocycles. The molecule has 134 valence electrons. The Morgan fingerprint density at radius 3 is 2.44 bits per heavy atom. The van der Waals surface area contributed by atoms with E-state index in [0.29, 0.717) is 21.4 Å². The van der Waals surface area contributed by atoms with Crippen LogP contribution in [0.3, 0.4) is 0 Å². The van der Waals surface area contributed by atoms with Crippen molar-refractivity contribution in [1.29, 1.82) is 0 Å². The van der Waals surface area contributed by atoms with Gasteiger partial charge in [-0.25, -0.2) is 8.42 Å². The highest BCUT2D eigenvalue weighted by Crippen LogP contribution is 2.27. The normalized spacial score (nSPS) is 12.5. The van der Waals surface area contributed by atoms with Gasteiger partial charge >= 0.3 is 0 Å². The lowest BCUT2D eigenvalue weighted by Gasteiger charge is -2.28. The van der Waals surface area contributed by atoms with Crippen molar-refractivity contribution in [1.82, 2.24) is 0 Å². The van der Waals surface area contributed by atoms with E-state index in [-0.39, 0.29) is 0 Å². The summed E-state index contributed by atoms with van der Waals surface area (Å²) in [6.45, 7) is 3.36. The summed E-state index contributed by atoms with van der Waals surface area (Å²) in [5.41, 5.74) is 1.63. The summed E-state index contributed by atoms with van der Waals surface area (Å²) in [7, 11) is -3.68. The molecule has 8 heteroatoms. The number of anilines is 2. The number of amides is 1. The predicted octanol–water partition coefficient (Wildman–Crippen LogP) is 4.10. The van der Waals surface area contributed by atoms with Gasteiger partial charge in [-0.15, -0.1) is 0 Å². The van der Waals surface area contributed by atoms with Crippen LogP contribution in [0.4, 0.5) is 11.4 Å². The molecule has 0 saturated heterocycles. The molecule has 1 atom stereocenters. The average molecular weight is 401 g/mol. The quantitative estimate of drug-likeness (QED) is 0.821. The van der Waals surface area contributed by atoms with Crippen molar-refractivity contribution < 1.29 is 13.2 Å².